The first-order valence-corrected chi connectivity index (χ1v) is 6.96. The predicted octanol–water partition coefficient (Wildman–Crippen LogP) is 1.08. The summed E-state index contributed by atoms with van der Waals surface area (Å²) >= 11 is 0. The summed E-state index contributed by atoms with van der Waals surface area (Å²) in [6.07, 6.45) is -6.33. The van der Waals surface area contributed by atoms with E-state index in [2.05, 4.69) is 5.32 Å². The summed E-state index contributed by atoms with van der Waals surface area (Å²) in [5.41, 5.74) is 4.11. The van der Waals surface area contributed by atoms with Crippen molar-refractivity contribution < 1.29 is 32.7 Å². The summed E-state index contributed by atoms with van der Waals surface area (Å²) in [6.45, 7) is 1.30. The number of nitrogens with one attached hydrogen (secondary N) is 1. The molecular weight excluding hydrogens is 329 g/mol. The van der Waals surface area contributed by atoms with Crippen LogP contribution in [0.3, 0.4) is 0 Å². The van der Waals surface area contributed by atoms with E-state index < -0.39 is 35.7 Å². The topological polar surface area (TPSA) is 109 Å². The molecule has 6 nitrogen and oxygen atoms in total. The van der Waals surface area contributed by atoms with Gasteiger partial charge in [0.2, 0.25) is 5.91 Å². The highest BCUT2D eigenvalue weighted by Crippen LogP contribution is 2.29. The molecule has 0 aliphatic heterocycles. The number of carbonyl (C=O) groups is 3. The normalized spacial score (nSPS) is 13.9. The van der Waals surface area contributed by atoms with Crippen LogP contribution in [-0.2, 0) is 20.6 Å². The van der Waals surface area contributed by atoms with Gasteiger partial charge in [0.1, 0.15) is 11.8 Å². The second-order valence-electron chi connectivity index (χ2n) is 5.23. The van der Waals surface area contributed by atoms with Crippen molar-refractivity contribution in [1.82, 2.24) is 5.32 Å². The minimum Gasteiger partial charge on any atom is -0.378 e. The van der Waals surface area contributed by atoms with Crippen molar-refractivity contribution in [3.05, 3.63) is 35.4 Å². The second-order valence-corrected chi connectivity index (χ2v) is 5.23. The third-order valence-corrected chi connectivity index (χ3v) is 3.25. The van der Waals surface area contributed by atoms with Crippen LogP contribution in [0.2, 0.25) is 0 Å². The molecule has 0 bridgehead atoms. The van der Waals surface area contributed by atoms with Crippen LogP contribution in [0.1, 0.15) is 37.0 Å². The molecule has 0 unspecified atom stereocenters. The molecule has 0 saturated heterocycles. The standard InChI is InChI=1S/C15H17F3N2O4/c1-8(21)2-7-11(13(19)23)20-14(24)12(22)9-3-5-10(6-4-9)15(16,17)18/h3-6,11-12,22H,2,7H2,1H3,(H2,19,23)(H,20,24)/t11-,12-/m1/s1. The molecule has 0 spiro atoms. The zero-order valence-corrected chi connectivity index (χ0v) is 12.8. The van der Waals surface area contributed by atoms with Gasteiger partial charge in [-0.1, -0.05) is 12.1 Å². The Hall–Kier alpha value is -2.42. The maximum atomic E-state index is 12.5. The van der Waals surface area contributed by atoms with Crippen molar-refractivity contribution in [1.29, 1.82) is 0 Å². The Kier molecular flexibility index (Phi) is 6.47. The number of benzene rings is 1. The number of nitrogens with two attached hydrogens (primary N) is 1. The molecule has 1 aromatic rings. The number of aliphatic hydroxyl groups excluding tert-OH is 1. The van der Waals surface area contributed by atoms with Crippen LogP contribution in [0.4, 0.5) is 13.2 Å². The minimum atomic E-state index is -4.53. The Morgan fingerprint density at radius 3 is 2.17 bits per heavy atom. The van der Waals surface area contributed by atoms with Gasteiger partial charge in [0, 0.05) is 6.42 Å². The molecule has 0 aliphatic rings. The summed E-state index contributed by atoms with van der Waals surface area (Å²) in [5.74, 6) is -2.09. The lowest BCUT2D eigenvalue weighted by Crippen LogP contribution is -2.46. The van der Waals surface area contributed by atoms with Crippen LogP contribution < -0.4 is 11.1 Å². The third kappa shape index (κ3) is 5.65. The van der Waals surface area contributed by atoms with Gasteiger partial charge in [0.25, 0.3) is 5.91 Å². The lowest BCUT2D eigenvalue weighted by molar-refractivity contribution is -0.137. The minimum absolute atomic E-state index is 0.00423. The molecule has 24 heavy (non-hydrogen) atoms. The maximum absolute atomic E-state index is 12.5. The van der Waals surface area contributed by atoms with Crippen molar-refractivity contribution >= 4 is 17.6 Å². The average molecular weight is 346 g/mol. The van der Waals surface area contributed by atoms with Crippen molar-refractivity contribution in [2.75, 3.05) is 0 Å². The average Bonchev–Trinajstić information content (AvgIpc) is 2.49. The smallest absolute Gasteiger partial charge is 0.378 e. The fourth-order valence-corrected chi connectivity index (χ4v) is 1.89. The van der Waals surface area contributed by atoms with E-state index in [1.165, 1.54) is 6.92 Å². The van der Waals surface area contributed by atoms with E-state index in [0.29, 0.717) is 0 Å². The van der Waals surface area contributed by atoms with E-state index in [0.717, 1.165) is 24.3 Å². The zero-order chi connectivity index (χ0) is 18.5. The van der Waals surface area contributed by atoms with Gasteiger partial charge in [0.05, 0.1) is 5.56 Å². The molecule has 0 radical (unpaired) electrons. The molecule has 0 aromatic heterocycles. The van der Waals surface area contributed by atoms with E-state index in [1.54, 1.807) is 0 Å². The van der Waals surface area contributed by atoms with Crippen LogP contribution in [-0.4, -0.2) is 28.7 Å². The van der Waals surface area contributed by atoms with Gasteiger partial charge in [-0.3, -0.25) is 9.59 Å². The van der Waals surface area contributed by atoms with Gasteiger partial charge in [-0.2, -0.15) is 13.2 Å². The second kappa shape index (κ2) is 7.91. The van der Waals surface area contributed by atoms with E-state index >= 15 is 0 Å². The van der Waals surface area contributed by atoms with Gasteiger partial charge in [-0.05, 0) is 31.0 Å². The first-order valence-electron chi connectivity index (χ1n) is 6.96. The van der Waals surface area contributed by atoms with Crippen molar-refractivity contribution in [2.24, 2.45) is 5.73 Å². The van der Waals surface area contributed by atoms with Crippen LogP contribution in [0.5, 0.6) is 0 Å². The van der Waals surface area contributed by atoms with Gasteiger partial charge in [0.15, 0.2) is 6.10 Å². The van der Waals surface area contributed by atoms with E-state index in [-0.39, 0.29) is 24.2 Å². The SMILES string of the molecule is CC(=O)CC[C@@H](NC(=O)[C@H](O)c1ccc(C(F)(F)F)cc1)C(N)=O. The maximum Gasteiger partial charge on any atom is 0.416 e. The summed E-state index contributed by atoms with van der Waals surface area (Å²) in [5, 5.41) is 12.1. The number of hydrogen-bond acceptors (Lipinski definition) is 4. The number of halogens is 3. The molecule has 2 amide bonds. The molecular formula is C15H17F3N2O4. The molecule has 1 rings (SSSR count). The number of carbonyl (C=O) groups excluding carboxylic acids is 3. The van der Waals surface area contributed by atoms with Gasteiger partial charge < -0.3 is 21.0 Å². The number of ketones is 1. The van der Waals surface area contributed by atoms with Gasteiger partial charge >= 0.3 is 6.18 Å². The van der Waals surface area contributed by atoms with E-state index in [9.17, 15) is 32.7 Å². The number of rotatable bonds is 7. The summed E-state index contributed by atoms with van der Waals surface area (Å²) in [7, 11) is 0. The van der Waals surface area contributed by atoms with Gasteiger partial charge in [-0.15, -0.1) is 0 Å². The number of amides is 2. The largest absolute Gasteiger partial charge is 0.416 e. The number of alkyl halides is 3. The van der Waals surface area contributed by atoms with Crippen LogP contribution in [0.25, 0.3) is 0 Å². The molecule has 4 N–H and O–H groups in total. The molecule has 0 fully saturated rings. The van der Waals surface area contributed by atoms with Crippen LogP contribution in [0, 0.1) is 0 Å². The quantitative estimate of drug-likeness (QED) is 0.686. The highest BCUT2D eigenvalue weighted by molar-refractivity contribution is 5.89. The lowest BCUT2D eigenvalue weighted by atomic mass is 10.0. The Bertz CT molecular complexity index is 614. The van der Waals surface area contributed by atoms with Crippen LogP contribution in [0.15, 0.2) is 24.3 Å². The number of aliphatic hydroxyl groups is 1. The zero-order valence-electron chi connectivity index (χ0n) is 12.8. The summed E-state index contributed by atoms with van der Waals surface area (Å²) in [4.78, 5) is 34.1. The van der Waals surface area contributed by atoms with E-state index in [4.69, 9.17) is 5.73 Å². The molecule has 132 valence electrons. The fraction of sp³-hybridized carbons (Fsp3) is 0.400. The van der Waals surface area contributed by atoms with Crippen molar-refractivity contribution in [2.45, 2.75) is 38.1 Å². The predicted molar refractivity (Wildman–Crippen MR) is 77.4 cm³/mol. The van der Waals surface area contributed by atoms with Gasteiger partial charge in [-0.25, -0.2) is 0 Å². The Balaban J connectivity index is 2.78. The molecule has 0 heterocycles. The van der Waals surface area contributed by atoms with Crippen molar-refractivity contribution in [3.63, 3.8) is 0 Å². The first kappa shape index (κ1) is 19.6. The molecule has 0 aliphatic carbocycles. The van der Waals surface area contributed by atoms with Crippen LogP contribution >= 0.6 is 0 Å². The third-order valence-electron chi connectivity index (χ3n) is 3.25. The Labute approximate surface area is 135 Å². The molecule has 9 heteroatoms. The highest BCUT2D eigenvalue weighted by atomic mass is 19.4. The lowest BCUT2D eigenvalue weighted by Gasteiger charge is -2.18. The fourth-order valence-electron chi connectivity index (χ4n) is 1.89. The highest BCUT2D eigenvalue weighted by Gasteiger charge is 2.31. The molecule has 1 aromatic carbocycles. The number of Topliss-reactive ketones (excluding diaryl/α,β-unsaturated/α-hetero) is 1. The number of primary amides is 1. The Morgan fingerprint density at radius 1 is 1.21 bits per heavy atom. The molecule has 2 atom stereocenters. The molecule has 0 saturated carbocycles. The number of hydrogen-bond donors (Lipinski definition) is 3. The van der Waals surface area contributed by atoms with E-state index in [1.807, 2.05) is 0 Å². The Morgan fingerprint density at radius 2 is 1.75 bits per heavy atom. The van der Waals surface area contributed by atoms with Crippen molar-refractivity contribution in [3.8, 4) is 0 Å². The summed E-state index contributed by atoms with van der Waals surface area (Å²) < 4.78 is 37.4. The monoisotopic (exact) mass is 346 g/mol. The first-order chi connectivity index (χ1) is 11.0. The summed E-state index contributed by atoms with van der Waals surface area (Å²) in [6, 6.07) is 2.22.